The van der Waals surface area contributed by atoms with Crippen LogP contribution in [0.2, 0.25) is 0 Å². The lowest BCUT2D eigenvalue weighted by atomic mass is 9.95. The van der Waals surface area contributed by atoms with Crippen molar-refractivity contribution in [2.45, 2.75) is 12.8 Å². The lowest BCUT2D eigenvalue weighted by Gasteiger charge is -2.31. The van der Waals surface area contributed by atoms with Gasteiger partial charge >= 0.3 is 0 Å². The number of piperidine rings is 1. The van der Waals surface area contributed by atoms with Crippen molar-refractivity contribution in [3.8, 4) is 5.75 Å². The van der Waals surface area contributed by atoms with Crippen LogP contribution in [0.1, 0.15) is 12.8 Å². The third-order valence-electron chi connectivity index (χ3n) is 4.50. The Morgan fingerprint density at radius 3 is 2.44 bits per heavy atom. The fraction of sp³-hybridized carbons (Fsp3) is 0.300. The molecule has 142 valence electrons. The molecule has 0 aliphatic carbocycles. The Morgan fingerprint density at radius 1 is 1.07 bits per heavy atom. The predicted molar refractivity (Wildman–Crippen MR) is 96.2 cm³/mol. The highest BCUT2D eigenvalue weighted by molar-refractivity contribution is 5.92. The number of anilines is 1. The Labute approximate surface area is 155 Å². The number of nitrogens with zero attached hydrogens (tertiary/aromatic N) is 1. The van der Waals surface area contributed by atoms with E-state index >= 15 is 0 Å². The minimum Gasteiger partial charge on any atom is -0.481 e. The van der Waals surface area contributed by atoms with E-state index in [9.17, 15) is 18.4 Å². The third kappa shape index (κ3) is 5.03. The minimum absolute atomic E-state index is 0.0575. The second-order valence-electron chi connectivity index (χ2n) is 6.37. The molecule has 0 radical (unpaired) electrons. The van der Waals surface area contributed by atoms with Crippen LogP contribution < -0.4 is 10.1 Å². The van der Waals surface area contributed by atoms with Crippen LogP contribution in [0.3, 0.4) is 0 Å². The van der Waals surface area contributed by atoms with Crippen molar-refractivity contribution in [3.63, 3.8) is 0 Å². The lowest BCUT2D eigenvalue weighted by molar-refractivity contribution is -0.136. The molecule has 1 aliphatic rings. The highest BCUT2D eigenvalue weighted by Gasteiger charge is 2.27. The van der Waals surface area contributed by atoms with Crippen molar-refractivity contribution < 1.29 is 23.1 Å². The normalized spacial score (nSPS) is 14.7. The Balaban J connectivity index is 1.45. The van der Waals surface area contributed by atoms with Crippen LogP contribution in [-0.4, -0.2) is 36.4 Å². The smallest absolute Gasteiger partial charge is 0.260 e. The van der Waals surface area contributed by atoms with Gasteiger partial charge in [0.05, 0.1) is 0 Å². The molecule has 1 fully saturated rings. The van der Waals surface area contributed by atoms with E-state index in [0.29, 0.717) is 32.0 Å². The van der Waals surface area contributed by atoms with E-state index in [-0.39, 0.29) is 30.1 Å². The molecule has 2 amide bonds. The molecule has 0 aromatic heterocycles. The van der Waals surface area contributed by atoms with Gasteiger partial charge in [-0.05, 0) is 37.1 Å². The number of para-hydroxylation sites is 1. The number of nitrogens with one attached hydrogen (secondary N) is 1. The number of hydrogen-bond acceptors (Lipinski definition) is 3. The zero-order valence-corrected chi connectivity index (χ0v) is 14.7. The largest absolute Gasteiger partial charge is 0.481 e. The fourth-order valence-electron chi connectivity index (χ4n) is 2.98. The van der Waals surface area contributed by atoms with E-state index in [0.717, 1.165) is 17.8 Å². The number of halogens is 2. The molecule has 0 saturated carbocycles. The maximum absolute atomic E-state index is 13.5. The Bertz CT molecular complexity index is 806. The zero-order chi connectivity index (χ0) is 19.2. The van der Waals surface area contributed by atoms with E-state index in [2.05, 4.69) is 5.32 Å². The summed E-state index contributed by atoms with van der Waals surface area (Å²) < 4.78 is 31.5. The van der Waals surface area contributed by atoms with Crippen molar-refractivity contribution in [2.75, 3.05) is 25.0 Å². The maximum atomic E-state index is 13.5. The van der Waals surface area contributed by atoms with Gasteiger partial charge in [-0.25, -0.2) is 8.78 Å². The van der Waals surface area contributed by atoms with E-state index < -0.39 is 11.6 Å². The number of carbonyl (C=O) groups excluding carboxylic acids is 2. The maximum Gasteiger partial charge on any atom is 0.260 e. The molecule has 1 aliphatic heterocycles. The van der Waals surface area contributed by atoms with Crippen LogP contribution >= 0.6 is 0 Å². The van der Waals surface area contributed by atoms with Crippen LogP contribution in [0.25, 0.3) is 0 Å². The number of amides is 2. The highest BCUT2D eigenvalue weighted by atomic mass is 19.1. The van der Waals surface area contributed by atoms with Crippen LogP contribution in [-0.2, 0) is 9.59 Å². The first kappa shape index (κ1) is 18.8. The number of hydrogen-bond donors (Lipinski definition) is 1. The average Bonchev–Trinajstić information content (AvgIpc) is 2.68. The molecule has 0 atom stereocenters. The number of ether oxygens (including phenoxy) is 1. The number of carbonyl (C=O) groups is 2. The quantitative estimate of drug-likeness (QED) is 0.874. The number of benzene rings is 2. The van der Waals surface area contributed by atoms with E-state index in [1.807, 2.05) is 30.3 Å². The Hall–Kier alpha value is -2.96. The molecule has 2 aromatic rings. The van der Waals surface area contributed by atoms with E-state index in [1.54, 1.807) is 4.90 Å². The first-order valence-corrected chi connectivity index (χ1v) is 8.74. The second-order valence-corrected chi connectivity index (χ2v) is 6.37. The van der Waals surface area contributed by atoms with Crippen molar-refractivity contribution in [1.29, 1.82) is 0 Å². The van der Waals surface area contributed by atoms with Crippen LogP contribution in [0.4, 0.5) is 14.5 Å². The Kier molecular flexibility index (Phi) is 6.01. The SMILES string of the molecule is O=C(Nc1ccccc1)C1CCN(C(=O)COc2ccc(F)cc2F)CC1. The molecule has 1 saturated heterocycles. The molecule has 0 spiro atoms. The summed E-state index contributed by atoms with van der Waals surface area (Å²) in [4.78, 5) is 26.1. The summed E-state index contributed by atoms with van der Waals surface area (Å²) in [5.41, 5.74) is 0.746. The molecule has 5 nitrogen and oxygen atoms in total. The van der Waals surface area contributed by atoms with Crippen molar-refractivity contribution in [2.24, 2.45) is 5.92 Å². The summed E-state index contributed by atoms with van der Waals surface area (Å²) in [6, 6.07) is 12.1. The van der Waals surface area contributed by atoms with Gasteiger partial charge in [-0.3, -0.25) is 9.59 Å². The molecule has 7 heteroatoms. The van der Waals surface area contributed by atoms with Gasteiger partial charge in [0.15, 0.2) is 18.2 Å². The zero-order valence-electron chi connectivity index (χ0n) is 14.7. The van der Waals surface area contributed by atoms with E-state index in [4.69, 9.17) is 4.74 Å². The predicted octanol–water partition coefficient (Wildman–Crippen LogP) is 3.22. The van der Waals surface area contributed by atoms with Crippen molar-refractivity contribution in [1.82, 2.24) is 4.90 Å². The summed E-state index contributed by atoms with van der Waals surface area (Å²) in [7, 11) is 0. The topological polar surface area (TPSA) is 58.6 Å². The van der Waals surface area contributed by atoms with Gasteiger partial charge in [-0.1, -0.05) is 18.2 Å². The van der Waals surface area contributed by atoms with Gasteiger partial charge in [-0.2, -0.15) is 0 Å². The van der Waals surface area contributed by atoms with E-state index in [1.165, 1.54) is 0 Å². The lowest BCUT2D eigenvalue weighted by Crippen LogP contribution is -2.43. The molecule has 0 bridgehead atoms. The fourth-order valence-corrected chi connectivity index (χ4v) is 2.98. The minimum atomic E-state index is -0.848. The first-order chi connectivity index (χ1) is 13.0. The van der Waals surface area contributed by atoms with Gasteiger partial charge < -0.3 is 15.0 Å². The van der Waals surface area contributed by atoms with Gasteiger partial charge in [0.25, 0.3) is 5.91 Å². The summed E-state index contributed by atoms with van der Waals surface area (Å²) in [6.45, 7) is 0.533. The molecule has 27 heavy (non-hydrogen) atoms. The Morgan fingerprint density at radius 2 is 1.78 bits per heavy atom. The number of rotatable bonds is 5. The van der Waals surface area contributed by atoms with Crippen molar-refractivity contribution >= 4 is 17.5 Å². The average molecular weight is 374 g/mol. The molecular formula is C20H20F2N2O3. The molecule has 2 aromatic carbocycles. The van der Waals surface area contributed by atoms with Gasteiger partial charge in [0.1, 0.15) is 5.82 Å². The van der Waals surface area contributed by atoms with Gasteiger partial charge in [0, 0.05) is 30.8 Å². The molecular weight excluding hydrogens is 354 g/mol. The van der Waals surface area contributed by atoms with Crippen LogP contribution in [0, 0.1) is 17.6 Å². The monoisotopic (exact) mass is 374 g/mol. The second kappa shape index (κ2) is 8.62. The highest BCUT2D eigenvalue weighted by Crippen LogP contribution is 2.21. The van der Waals surface area contributed by atoms with Gasteiger partial charge in [0.2, 0.25) is 5.91 Å². The molecule has 1 N–H and O–H groups in total. The summed E-state index contributed by atoms with van der Waals surface area (Å²) in [5, 5.41) is 2.87. The summed E-state index contributed by atoms with van der Waals surface area (Å²) in [5.74, 6) is -2.23. The first-order valence-electron chi connectivity index (χ1n) is 8.74. The van der Waals surface area contributed by atoms with Crippen LogP contribution in [0.15, 0.2) is 48.5 Å². The number of likely N-dealkylation sites (tertiary alicyclic amines) is 1. The van der Waals surface area contributed by atoms with Crippen molar-refractivity contribution in [3.05, 3.63) is 60.2 Å². The molecule has 0 unspecified atom stereocenters. The standard InChI is InChI=1S/C20H20F2N2O3/c21-15-6-7-18(17(22)12-15)27-13-19(25)24-10-8-14(9-11-24)20(26)23-16-4-2-1-3-5-16/h1-7,12,14H,8-11,13H2,(H,23,26). The van der Waals surface area contributed by atoms with Crippen LogP contribution in [0.5, 0.6) is 5.75 Å². The molecule has 1 heterocycles. The summed E-state index contributed by atoms with van der Waals surface area (Å²) in [6.07, 6.45) is 1.10. The molecule has 3 rings (SSSR count). The third-order valence-corrected chi connectivity index (χ3v) is 4.50. The summed E-state index contributed by atoms with van der Waals surface area (Å²) >= 11 is 0. The van der Waals surface area contributed by atoms with Gasteiger partial charge in [-0.15, -0.1) is 0 Å².